The summed E-state index contributed by atoms with van der Waals surface area (Å²) >= 11 is 0. The average molecular weight is 303 g/mol. The molecule has 0 spiro atoms. The van der Waals surface area contributed by atoms with Crippen molar-refractivity contribution in [1.29, 1.82) is 0 Å². The Morgan fingerprint density at radius 2 is 1.77 bits per heavy atom. The molecule has 3 rings (SSSR count). The van der Waals surface area contributed by atoms with Gasteiger partial charge in [0.2, 0.25) is 0 Å². The molecule has 5 nitrogen and oxygen atoms in total. The first-order valence-electron chi connectivity index (χ1n) is 7.55. The van der Waals surface area contributed by atoms with E-state index in [-0.39, 0.29) is 24.1 Å². The Kier molecular flexibility index (Phi) is 3.38. The Balaban J connectivity index is 1.90. The van der Waals surface area contributed by atoms with Gasteiger partial charge in [-0.1, -0.05) is 6.07 Å². The van der Waals surface area contributed by atoms with Crippen molar-refractivity contribution < 1.29 is 19.1 Å². The van der Waals surface area contributed by atoms with E-state index in [0.29, 0.717) is 5.56 Å². The van der Waals surface area contributed by atoms with Crippen molar-refractivity contribution in [2.45, 2.75) is 51.3 Å². The molecule has 2 unspecified atom stereocenters. The number of carbonyl (C=O) groups is 2. The molecule has 0 aliphatic carbocycles. The SMILES string of the molecule is COC(=O)c1ccc2c(c1)C1CCC2N1C(=O)OC(C)(C)C. The van der Waals surface area contributed by atoms with Crippen LogP contribution in [0.15, 0.2) is 18.2 Å². The Labute approximate surface area is 130 Å². The van der Waals surface area contributed by atoms with Crippen LogP contribution >= 0.6 is 0 Å². The van der Waals surface area contributed by atoms with Crippen molar-refractivity contribution in [3.8, 4) is 0 Å². The molecule has 1 aromatic rings. The Morgan fingerprint density at radius 1 is 1.14 bits per heavy atom. The third-order valence-corrected chi connectivity index (χ3v) is 4.22. The number of carbonyl (C=O) groups excluding carboxylic acids is 2. The van der Waals surface area contributed by atoms with Gasteiger partial charge in [0.1, 0.15) is 5.60 Å². The first kappa shape index (κ1) is 14.9. The third-order valence-electron chi connectivity index (χ3n) is 4.22. The number of ether oxygens (including phenoxy) is 2. The summed E-state index contributed by atoms with van der Waals surface area (Å²) in [6, 6.07) is 5.60. The number of amides is 1. The molecule has 1 saturated heterocycles. The second-order valence-electron chi connectivity index (χ2n) is 6.83. The van der Waals surface area contributed by atoms with Crippen LogP contribution in [0, 0.1) is 0 Å². The van der Waals surface area contributed by atoms with Crippen LogP contribution in [0.3, 0.4) is 0 Å². The van der Waals surface area contributed by atoms with Gasteiger partial charge in [0.05, 0.1) is 24.8 Å². The number of hydrogen-bond acceptors (Lipinski definition) is 4. The van der Waals surface area contributed by atoms with Crippen molar-refractivity contribution >= 4 is 12.1 Å². The molecule has 2 aliphatic rings. The van der Waals surface area contributed by atoms with E-state index in [4.69, 9.17) is 9.47 Å². The lowest BCUT2D eigenvalue weighted by atomic mass is 9.90. The van der Waals surface area contributed by atoms with Crippen LogP contribution in [-0.4, -0.2) is 29.7 Å². The van der Waals surface area contributed by atoms with Crippen LogP contribution in [0.2, 0.25) is 0 Å². The summed E-state index contributed by atoms with van der Waals surface area (Å²) in [5, 5.41) is 0. The van der Waals surface area contributed by atoms with Gasteiger partial charge in [0.15, 0.2) is 0 Å². The second-order valence-corrected chi connectivity index (χ2v) is 6.83. The van der Waals surface area contributed by atoms with Crippen LogP contribution in [-0.2, 0) is 9.47 Å². The van der Waals surface area contributed by atoms with E-state index in [1.54, 1.807) is 6.07 Å². The van der Waals surface area contributed by atoms with Gasteiger partial charge in [-0.2, -0.15) is 0 Å². The Morgan fingerprint density at radius 3 is 2.36 bits per heavy atom. The zero-order valence-corrected chi connectivity index (χ0v) is 13.4. The number of hydrogen-bond donors (Lipinski definition) is 0. The molecule has 22 heavy (non-hydrogen) atoms. The van der Waals surface area contributed by atoms with E-state index in [9.17, 15) is 9.59 Å². The monoisotopic (exact) mass is 303 g/mol. The van der Waals surface area contributed by atoms with Gasteiger partial charge in [-0.3, -0.25) is 4.90 Å². The molecule has 0 N–H and O–H groups in total. The lowest BCUT2D eigenvalue weighted by Crippen LogP contribution is -2.34. The molecule has 2 heterocycles. The number of benzene rings is 1. The molecule has 2 bridgehead atoms. The lowest BCUT2D eigenvalue weighted by molar-refractivity contribution is 0.0177. The van der Waals surface area contributed by atoms with Gasteiger partial charge in [-0.25, -0.2) is 9.59 Å². The maximum Gasteiger partial charge on any atom is 0.411 e. The van der Waals surface area contributed by atoms with Gasteiger partial charge in [-0.05, 0) is 56.9 Å². The Hall–Kier alpha value is -2.04. The fourth-order valence-corrected chi connectivity index (χ4v) is 3.40. The summed E-state index contributed by atoms with van der Waals surface area (Å²) < 4.78 is 10.3. The summed E-state index contributed by atoms with van der Waals surface area (Å²) in [5.74, 6) is -0.352. The van der Waals surface area contributed by atoms with Crippen LogP contribution in [0.25, 0.3) is 0 Å². The highest BCUT2D eigenvalue weighted by Crippen LogP contribution is 2.53. The molecule has 1 fully saturated rings. The van der Waals surface area contributed by atoms with Gasteiger partial charge < -0.3 is 9.47 Å². The topological polar surface area (TPSA) is 55.8 Å². The standard InChI is InChI=1S/C17H21NO4/c1-17(2,3)22-16(20)18-13-7-8-14(18)12-9-10(15(19)21-4)5-6-11(12)13/h5-6,9,13-14H,7-8H2,1-4H3. The number of methoxy groups -OCH3 is 1. The summed E-state index contributed by atoms with van der Waals surface area (Å²) in [6.45, 7) is 5.60. The number of esters is 1. The number of nitrogens with zero attached hydrogens (tertiary/aromatic N) is 1. The zero-order chi connectivity index (χ0) is 16.1. The fraction of sp³-hybridized carbons (Fsp3) is 0.529. The van der Waals surface area contributed by atoms with Crippen molar-refractivity contribution in [3.05, 3.63) is 34.9 Å². The average Bonchev–Trinajstić information content (AvgIpc) is 3.01. The van der Waals surface area contributed by atoms with Crippen molar-refractivity contribution in [1.82, 2.24) is 4.90 Å². The summed E-state index contributed by atoms with van der Waals surface area (Å²) in [6.07, 6.45) is 1.56. The highest BCUT2D eigenvalue weighted by Gasteiger charge is 2.48. The molecule has 118 valence electrons. The second kappa shape index (κ2) is 5.00. The normalized spacial score (nSPS) is 22.5. The summed E-state index contributed by atoms with van der Waals surface area (Å²) in [4.78, 5) is 26.0. The summed E-state index contributed by atoms with van der Waals surface area (Å²) in [5.41, 5.74) is 2.18. The van der Waals surface area contributed by atoms with E-state index in [1.165, 1.54) is 7.11 Å². The van der Waals surface area contributed by atoms with E-state index >= 15 is 0 Å². The Bertz CT molecular complexity index is 632. The van der Waals surface area contributed by atoms with E-state index in [1.807, 2.05) is 37.8 Å². The first-order chi connectivity index (χ1) is 10.3. The highest BCUT2D eigenvalue weighted by molar-refractivity contribution is 5.90. The third kappa shape index (κ3) is 2.34. The van der Waals surface area contributed by atoms with Gasteiger partial charge in [0, 0.05) is 0 Å². The van der Waals surface area contributed by atoms with Crippen molar-refractivity contribution in [2.24, 2.45) is 0 Å². The molecule has 1 aromatic carbocycles. The molecular weight excluding hydrogens is 282 g/mol. The molecule has 2 atom stereocenters. The predicted octanol–water partition coefficient (Wildman–Crippen LogP) is 3.60. The van der Waals surface area contributed by atoms with Gasteiger partial charge in [0.25, 0.3) is 0 Å². The maximum absolute atomic E-state index is 12.5. The minimum Gasteiger partial charge on any atom is -0.465 e. The molecule has 0 saturated carbocycles. The molecule has 2 aliphatic heterocycles. The molecule has 1 amide bonds. The molecular formula is C17H21NO4. The lowest BCUT2D eigenvalue weighted by Gasteiger charge is -2.27. The van der Waals surface area contributed by atoms with Gasteiger partial charge >= 0.3 is 12.1 Å². The van der Waals surface area contributed by atoms with Crippen LogP contribution in [0.5, 0.6) is 0 Å². The van der Waals surface area contributed by atoms with Crippen LogP contribution < -0.4 is 0 Å². The fourth-order valence-electron chi connectivity index (χ4n) is 3.40. The molecule has 5 heteroatoms. The highest BCUT2D eigenvalue weighted by atomic mass is 16.6. The first-order valence-corrected chi connectivity index (χ1v) is 7.55. The van der Waals surface area contributed by atoms with Crippen LogP contribution in [0.1, 0.15) is 67.2 Å². The quantitative estimate of drug-likeness (QED) is 0.744. The van der Waals surface area contributed by atoms with Gasteiger partial charge in [-0.15, -0.1) is 0 Å². The van der Waals surface area contributed by atoms with Crippen LogP contribution in [0.4, 0.5) is 4.79 Å². The molecule has 0 aromatic heterocycles. The zero-order valence-electron chi connectivity index (χ0n) is 13.4. The van der Waals surface area contributed by atoms with Crippen molar-refractivity contribution in [2.75, 3.05) is 7.11 Å². The predicted molar refractivity (Wildman–Crippen MR) is 80.6 cm³/mol. The maximum atomic E-state index is 12.5. The minimum absolute atomic E-state index is 0.000504. The summed E-state index contributed by atoms with van der Waals surface area (Å²) in [7, 11) is 1.37. The van der Waals surface area contributed by atoms with Crippen molar-refractivity contribution in [3.63, 3.8) is 0 Å². The van der Waals surface area contributed by atoms with E-state index in [0.717, 1.165) is 24.0 Å². The smallest absolute Gasteiger partial charge is 0.411 e. The minimum atomic E-state index is -0.511. The number of rotatable bonds is 1. The van der Waals surface area contributed by atoms with E-state index < -0.39 is 5.60 Å². The largest absolute Gasteiger partial charge is 0.465 e. The van der Waals surface area contributed by atoms with E-state index in [2.05, 4.69) is 0 Å². The molecule has 0 radical (unpaired) electrons. The number of fused-ring (bicyclic) bond motifs is 5.